The normalized spacial score (nSPS) is 10.8. The van der Waals surface area contributed by atoms with Crippen molar-refractivity contribution < 1.29 is 8.91 Å². The molecule has 0 aliphatic rings. The van der Waals surface area contributed by atoms with Crippen LogP contribution in [0.25, 0.3) is 0 Å². The number of aryl methyl sites for hydroxylation is 1. The van der Waals surface area contributed by atoms with E-state index in [9.17, 15) is 4.39 Å². The summed E-state index contributed by atoms with van der Waals surface area (Å²) >= 11 is 3.31. The van der Waals surface area contributed by atoms with Gasteiger partial charge in [-0.1, -0.05) is 27.2 Å². The van der Waals surface area contributed by atoms with E-state index in [-0.39, 0.29) is 5.82 Å². The predicted octanol–water partition coefficient (Wildman–Crippen LogP) is 2.57. The topological polar surface area (TPSA) is 51.0 Å². The molecule has 1 heterocycles. The lowest BCUT2D eigenvalue weighted by Gasteiger charge is -2.04. The van der Waals surface area contributed by atoms with Gasteiger partial charge >= 0.3 is 0 Å². The van der Waals surface area contributed by atoms with Gasteiger partial charge < -0.3 is 9.84 Å². The van der Waals surface area contributed by atoms with Gasteiger partial charge in [0.1, 0.15) is 5.82 Å². The predicted molar refractivity (Wildman–Crippen MR) is 63.7 cm³/mol. The number of halogens is 2. The lowest BCUT2D eigenvalue weighted by molar-refractivity contribution is 0.364. The summed E-state index contributed by atoms with van der Waals surface area (Å²) in [6.45, 7) is 2.86. The van der Waals surface area contributed by atoms with Crippen molar-refractivity contribution in [3.63, 3.8) is 0 Å². The number of hydrogen-bond donors (Lipinski definition) is 1. The Morgan fingerprint density at radius 1 is 1.41 bits per heavy atom. The molecule has 0 fully saturated rings. The van der Waals surface area contributed by atoms with Crippen LogP contribution < -0.4 is 5.32 Å². The molecule has 0 saturated heterocycles. The molecule has 0 bridgehead atoms. The molecule has 0 atom stereocenters. The van der Waals surface area contributed by atoms with Crippen LogP contribution in [0.1, 0.15) is 17.3 Å². The first-order chi connectivity index (χ1) is 8.15. The summed E-state index contributed by atoms with van der Waals surface area (Å²) in [4.78, 5) is 4.07. The molecular formula is C11H11BrFN3O. The minimum atomic E-state index is -0.256. The number of nitrogens with one attached hydrogen (secondary N) is 1. The fourth-order valence-electron chi connectivity index (χ4n) is 1.38. The minimum Gasteiger partial charge on any atom is -0.338 e. The second-order valence-electron chi connectivity index (χ2n) is 3.57. The lowest BCUT2D eigenvalue weighted by Crippen LogP contribution is -2.13. The molecule has 90 valence electrons. The van der Waals surface area contributed by atoms with Crippen molar-refractivity contribution in [1.82, 2.24) is 15.5 Å². The first kappa shape index (κ1) is 12.2. The molecule has 0 radical (unpaired) electrons. The highest BCUT2D eigenvalue weighted by Crippen LogP contribution is 2.17. The second kappa shape index (κ2) is 5.37. The Morgan fingerprint density at radius 3 is 2.88 bits per heavy atom. The SMILES string of the molecule is Cc1noc(CNCc2ccc(F)cc2Br)n1. The number of benzene rings is 1. The second-order valence-corrected chi connectivity index (χ2v) is 4.43. The van der Waals surface area contributed by atoms with Gasteiger partial charge in [-0.15, -0.1) is 0 Å². The van der Waals surface area contributed by atoms with Crippen molar-refractivity contribution in [1.29, 1.82) is 0 Å². The maximum atomic E-state index is 12.9. The summed E-state index contributed by atoms with van der Waals surface area (Å²) in [6.07, 6.45) is 0. The molecule has 1 aromatic carbocycles. The molecule has 1 N–H and O–H groups in total. The standard InChI is InChI=1S/C11H11BrFN3O/c1-7-15-11(17-16-7)6-14-5-8-2-3-9(13)4-10(8)12/h2-4,14H,5-6H2,1H3. The number of rotatable bonds is 4. The lowest BCUT2D eigenvalue weighted by atomic mass is 10.2. The average molecular weight is 300 g/mol. The van der Waals surface area contributed by atoms with E-state index in [0.29, 0.717) is 24.8 Å². The molecule has 0 unspecified atom stereocenters. The molecule has 0 saturated carbocycles. The highest BCUT2D eigenvalue weighted by Gasteiger charge is 2.04. The molecule has 1 aromatic heterocycles. The van der Waals surface area contributed by atoms with E-state index in [2.05, 4.69) is 31.4 Å². The Labute approximate surface area is 106 Å². The molecule has 6 heteroatoms. The monoisotopic (exact) mass is 299 g/mol. The van der Waals surface area contributed by atoms with Crippen molar-refractivity contribution >= 4 is 15.9 Å². The molecule has 4 nitrogen and oxygen atoms in total. The number of aromatic nitrogens is 2. The van der Waals surface area contributed by atoms with E-state index in [0.717, 1.165) is 10.0 Å². The smallest absolute Gasteiger partial charge is 0.240 e. The first-order valence-electron chi connectivity index (χ1n) is 5.09. The maximum absolute atomic E-state index is 12.9. The Bertz CT molecular complexity index is 515. The van der Waals surface area contributed by atoms with Gasteiger partial charge in [0.25, 0.3) is 0 Å². The molecule has 0 aliphatic heterocycles. The van der Waals surface area contributed by atoms with Crippen molar-refractivity contribution in [3.8, 4) is 0 Å². The van der Waals surface area contributed by atoms with E-state index >= 15 is 0 Å². The Kier molecular flexibility index (Phi) is 3.86. The highest BCUT2D eigenvalue weighted by molar-refractivity contribution is 9.10. The number of nitrogens with zero attached hydrogens (tertiary/aromatic N) is 2. The van der Waals surface area contributed by atoms with Gasteiger partial charge in [-0.05, 0) is 24.6 Å². The van der Waals surface area contributed by atoms with Crippen LogP contribution in [-0.4, -0.2) is 10.1 Å². The fraction of sp³-hybridized carbons (Fsp3) is 0.273. The summed E-state index contributed by atoms with van der Waals surface area (Å²) in [7, 11) is 0. The molecule has 17 heavy (non-hydrogen) atoms. The van der Waals surface area contributed by atoms with Gasteiger partial charge in [0.15, 0.2) is 5.82 Å². The molecule has 2 rings (SSSR count). The van der Waals surface area contributed by atoms with Crippen LogP contribution in [0.5, 0.6) is 0 Å². The minimum absolute atomic E-state index is 0.256. The van der Waals surface area contributed by atoms with Gasteiger partial charge in [0, 0.05) is 11.0 Å². The van der Waals surface area contributed by atoms with Crippen LogP contribution in [0.3, 0.4) is 0 Å². The molecule has 2 aromatic rings. The van der Waals surface area contributed by atoms with Gasteiger partial charge in [-0.25, -0.2) is 4.39 Å². The van der Waals surface area contributed by atoms with E-state index in [1.807, 2.05) is 0 Å². The highest BCUT2D eigenvalue weighted by atomic mass is 79.9. The van der Waals surface area contributed by atoms with Gasteiger partial charge in [-0.3, -0.25) is 0 Å². The van der Waals surface area contributed by atoms with Crippen molar-refractivity contribution in [2.75, 3.05) is 0 Å². The van der Waals surface area contributed by atoms with Crippen LogP contribution in [0, 0.1) is 12.7 Å². The Morgan fingerprint density at radius 2 is 2.24 bits per heavy atom. The number of hydrogen-bond acceptors (Lipinski definition) is 4. The zero-order valence-corrected chi connectivity index (χ0v) is 10.8. The summed E-state index contributed by atoms with van der Waals surface area (Å²) < 4.78 is 18.6. The molecule has 0 amide bonds. The van der Waals surface area contributed by atoms with Crippen LogP contribution in [-0.2, 0) is 13.1 Å². The van der Waals surface area contributed by atoms with Crippen molar-refractivity contribution in [2.45, 2.75) is 20.0 Å². The summed E-state index contributed by atoms with van der Waals surface area (Å²) in [5.41, 5.74) is 0.975. The van der Waals surface area contributed by atoms with Gasteiger partial charge in [0.05, 0.1) is 6.54 Å². The summed E-state index contributed by atoms with van der Waals surface area (Å²) in [5.74, 6) is 0.902. The summed E-state index contributed by atoms with van der Waals surface area (Å²) in [6, 6.07) is 4.60. The zero-order chi connectivity index (χ0) is 12.3. The van der Waals surface area contributed by atoms with Crippen LogP contribution >= 0.6 is 15.9 Å². The molecule has 0 aliphatic carbocycles. The third-order valence-corrected chi connectivity index (χ3v) is 2.91. The van der Waals surface area contributed by atoms with Crippen LogP contribution in [0.4, 0.5) is 4.39 Å². The molecular weight excluding hydrogens is 289 g/mol. The third kappa shape index (κ3) is 3.34. The average Bonchev–Trinajstić information content (AvgIpc) is 2.68. The van der Waals surface area contributed by atoms with E-state index in [4.69, 9.17) is 4.52 Å². The van der Waals surface area contributed by atoms with Gasteiger partial charge in [-0.2, -0.15) is 4.98 Å². The first-order valence-corrected chi connectivity index (χ1v) is 5.88. The Balaban J connectivity index is 1.90. The van der Waals surface area contributed by atoms with Gasteiger partial charge in [0.2, 0.25) is 5.89 Å². The van der Waals surface area contributed by atoms with E-state index in [1.54, 1.807) is 13.0 Å². The quantitative estimate of drug-likeness (QED) is 0.943. The van der Waals surface area contributed by atoms with E-state index in [1.165, 1.54) is 12.1 Å². The zero-order valence-electron chi connectivity index (χ0n) is 9.20. The van der Waals surface area contributed by atoms with Crippen LogP contribution in [0.15, 0.2) is 27.2 Å². The maximum Gasteiger partial charge on any atom is 0.240 e. The molecule has 0 spiro atoms. The fourth-order valence-corrected chi connectivity index (χ4v) is 1.87. The Hall–Kier alpha value is -1.27. The third-order valence-electron chi connectivity index (χ3n) is 2.18. The largest absolute Gasteiger partial charge is 0.338 e. The van der Waals surface area contributed by atoms with Crippen molar-refractivity contribution in [2.24, 2.45) is 0 Å². The summed E-state index contributed by atoms with van der Waals surface area (Å²) in [5, 5.41) is 6.83. The van der Waals surface area contributed by atoms with Crippen LogP contribution in [0.2, 0.25) is 0 Å². The van der Waals surface area contributed by atoms with Crippen molar-refractivity contribution in [3.05, 3.63) is 45.8 Å². The van der Waals surface area contributed by atoms with E-state index < -0.39 is 0 Å².